The fraction of sp³-hybridized carbons (Fsp3) is 0.538. The molecule has 2 bridgehead atoms. The van der Waals surface area contributed by atoms with Gasteiger partial charge in [0, 0.05) is 12.7 Å². The molecule has 96 valence electrons. The third kappa shape index (κ3) is 2.06. The Kier molecular flexibility index (Phi) is 2.91. The van der Waals surface area contributed by atoms with E-state index in [2.05, 4.69) is 9.88 Å². The molecular weight excluding hydrogens is 232 g/mol. The maximum absolute atomic E-state index is 11.1. The molecule has 0 saturated carbocycles. The highest BCUT2D eigenvalue weighted by atomic mass is 16.5. The number of piperidine rings is 3. The molecule has 3 saturated heterocycles. The van der Waals surface area contributed by atoms with E-state index in [0.29, 0.717) is 5.92 Å². The number of hydrogen-bond donors (Lipinski definition) is 1. The second-order valence-corrected chi connectivity index (χ2v) is 4.96. The van der Waals surface area contributed by atoms with Crippen LogP contribution < -0.4 is 4.74 Å². The van der Waals surface area contributed by atoms with Crippen molar-refractivity contribution in [1.29, 1.82) is 0 Å². The van der Waals surface area contributed by atoms with E-state index in [1.165, 1.54) is 6.07 Å². The molecule has 1 aromatic heterocycles. The topological polar surface area (TPSA) is 62.7 Å². The van der Waals surface area contributed by atoms with Crippen molar-refractivity contribution in [2.45, 2.75) is 18.9 Å². The molecule has 5 heteroatoms. The standard InChI is InChI=1S/C13H16N2O3/c16-13(17)10-2-1-5-14-12(10)18-11-8-15-6-3-9(11)4-7-15/h1-2,5,9,11H,3-4,6-8H2,(H,16,17). The fourth-order valence-electron chi connectivity index (χ4n) is 2.84. The van der Waals surface area contributed by atoms with Crippen LogP contribution >= 0.6 is 0 Å². The third-order valence-electron chi connectivity index (χ3n) is 3.86. The lowest BCUT2D eigenvalue weighted by molar-refractivity contribution is -0.0105. The summed E-state index contributed by atoms with van der Waals surface area (Å²) in [4.78, 5) is 17.5. The molecule has 1 aromatic rings. The Hall–Kier alpha value is -1.62. The van der Waals surface area contributed by atoms with Gasteiger partial charge >= 0.3 is 5.97 Å². The predicted octanol–water partition coefficient (Wildman–Crippen LogP) is 1.25. The van der Waals surface area contributed by atoms with E-state index in [4.69, 9.17) is 9.84 Å². The van der Waals surface area contributed by atoms with Crippen molar-refractivity contribution in [1.82, 2.24) is 9.88 Å². The number of aromatic carboxylic acids is 1. The molecule has 0 aliphatic carbocycles. The Morgan fingerprint density at radius 2 is 2.22 bits per heavy atom. The number of carboxylic acids is 1. The minimum atomic E-state index is -0.987. The van der Waals surface area contributed by atoms with Crippen molar-refractivity contribution in [3.05, 3.63) is 23.9 Å². The van der Waals surface area contributed by atoms with Gasteiger partial charge in [0.15, 0.2) is 0 Å². The molecule has 4 rings (SSSR count). The van der Waals surface area contributed by atoms with Crippen molar-refractivity contribution >= 4 is 5.97 Å². The van der Waals surface area contributed by atoms with E-state index in [9.17, 15) is 4.79 Å². The zero-order valence-corrected chi connectivity index (χ0v) is 10.1. The molecule has 3 fully saturated rings. The molecule has 4 heterocycles. The average Bonchev–Trinajstić information content (AvgIpc) is 2.40. The number of rotatable bonds is 3. The number of carboxylic acid groups (broad SMARTS) is 1. The Bertz CT molecular complexity index is 455. The monoisotopic (exact) mass is 248 g/mol. The van der Waals surface area contributed by atoms with Gasteiger partial charge in [-0.15, -0.1) is 0 Å². The Balaban J connectivity index is 1.78. The first kappa shape index (κ1) is 11.5. The molecule has 3 aliphatic rings. The van der Waals surface area contributed by atoms with Gasteiger partial charge in [0.1, 0.15) is 11.7 Å². The molecule has 0 spiro atoms. The average molecular weight is 248 g/mol. The zero-order valence-electron chi connectivity index (χ0n) is 10.1. The molecule has 5 nitrogen and oxygen atoms in total. The molecule has 3 aliphatic heterocycles. The van der Waals surface area contributed by atoms with Gasteiger partial charge < -0.3 is 9.84 Å². The van der Waals surface area contributed by atoms with Crippen molar-refractivity contribution in [2.75, 3.05) is 19.6 Å². The molecular formula is C13H16N2O3. The quantitative estimate of drug-likeness (QED) is 0.872. The van der Waals surface area contributed by atoms with Crippen LogP contribution in [0.2, 0.25) is 0 Å². The highest BCUT2D eigenvalue weighted by molar-refractivity contribution is 5.90. The van der Waals surface area contributed by atoms with E-state index in [1.807, 2.05) is 0 Å². The number of fused-ring (bicyclic) bond motifs is 3. The molecule has 1 atom stereocenters. The predicted molar refractivity (Wildman–Crippen MR) is 64.8 cm³/mol. The number of hydrogen-bond acceptors (Lipinski definition) is 4. The lowest BCUT2D eigenvalue weighted by Crippen LogP contribution is -2.52. The van der Waals surface area contributed by atoms with Gasteiger partial charge in [0.05, 0.1) is 0 Å². The van der Waals surface area contributed by atoms with Crippen molar-refractivity contribution < 1.29 is 14.6 Å². The molecule has 1 N–H and O–H groups in total. The zero-order chi connectivity index (χ0) is 12.5. The van der Waals surface area contributed by atoms with E-state index >= 15 is 0 Å². The minimum absolute atomic E-state index is 0.0838. The highest BCUT2D eigenvalue weighted by Gasteiger charge is 2.36. The number of ether oxygens (including phenoxy) is 1. The van der Waals surface area contributed by atoms with Gasteiger partial charge in [0.25, 0.3) is 0 Å². The van der Waals surface area contributed by atoms with Crippen LogP contribution in [0.1, 0.15) is 23.2 Å². The number of pyridine rings is 1. The second kappa shape index (κ2) is 4.57. The molecule has 1 unspecified atom stereocenters. The summed E-state index contributed by atoms with van der Waals surface area (Å²) in [5.74, 6) is -0.193. The lowest BCUT2D eigenvalue weighted by Gasteiger charge is -2.44. The van der Waals surface area contributed by atoms with Gasteiger partial charge in [-0.2, -0.15) is 0 Å². The van der Waals surface area contributed by atoms with Crippen molar-refractivity contribution in [3.8, 4) is 5.88 Å². The maximum atomic E-state index is 11.1. The SMILES string of the molecule is O=C(O)c1cccnc1OC1CN2CCC1CC2. The van der Waals surface area contributed by atoms with E-state index in [1.54, 1.807) is 12.3 Å². The Labute approximate surface area is 105 Å². The first-order valence-electron chi connectivity index (χ1n) is 6.31. The first-order valence-corrected chi connectivity index (χ1v) is 6.31. The summed E-state index contributed by atoms with van der Waals surface area (Å²) in [5.41, 5.74) is 0.147. The van der Waals surface area contributed by atoms with Gasteiger partial charge in [-0.3, -0.25) is 4.90 Å². The molecule has 18 heavy (non-hydrogen) atoms. The summed E-state index contributed by atoms with van der Waals surface area (Å²) < 4.78 is 5.85. The van der Waals surface area contributed by atoms with Crippen molar-refractivity contribution in [2.24, 2.45) is 5.92 Å². The summed E-state index contributed by atoms with van der Waals surface area (Å²) in [6.07, 6.45) is 3.93. The normalized spacial score (nSPS) is 30.1. The van der Waals surface area contributed by atoms with Crippen LogP contribution in [0.5, 0.6) is 5.88 Å². The van der Waals surface area contributed by atoms with Gasteiger partial charge in [-0.25, -0.2) is 9.78 Å². The van der Waals surface area contributed by atoms with Crippen molar-refractivity contribution in [3.63, 3.8) is 0 Å². The number of carbonyl (C=O) groups is 1. The van der Waals surface area contributed by atoms with Gasteiger partial charge in [-0.05, 0) is 44.0 Å². The summed E-state index contributed by atoms with van der Waals surface area (Å²) in [6.45, 7) is 3.16. The first-order chi connectivity index (χ1) is 8.74. The molecule has 0 radical (unpaired) electrons. The van der Waals surface area contributed by atoms with E-state index < -0.39 is 5.97 Å². The molecule has 0 amide bonds. The Morgan fingerprint density at radius 1 is 1.44 bits per heavy atom. The second-order valence-electron chi connectivity index (χ2n) is 4.96. The summed E-state index contributed by atoms with van der Waals surface area (Å²) >= 11 is 0. The Morgan fingerprint density at radius 3 is 2.83 bits per heavy atom. The minimum Gasteiger partial charge on any atom is -0.477 e. The van der Waals surface area contributed by atoms with E-state index in [0.717, 1.165) is 32.5 Å². The fourth-order valence-corrected chi connectivity index (χ4v) is 2.84. The van der Waals surface area contributed by atoms with Gasteiger partial charge in [0.2, 0.25) is 5.88 Å². The smallest absolute Gasteiger partial charge is 0.341 e. The van der Waals surface area contributed by atoms with Crippen LogP contribution in [-0.4, -0.2) is 46.7 Å². The maximum Gasteiger partial charge on any atom is 0.341 e. The number of aromatic nitrogens is 1. The summed E-state index contributed by atoms with van der Waals surface area (Å²) in [6, 6.07) is 3.15. The highest BCUT2D eigenvalue weighted by Crippen LogP contribution is 2.30. The third-order valence-corrected chi connectivity index (χ3v) is 3.86. The summed E-state index contributed by atoms with van der Waals surface area (Å²) in [7, 11) is 0. The van der Waals surface area contributed by atoms with Gasteiger partial charge in [-0.1, -0.05) is 0 Å². The number of nitrogens with zero attached hydrogens (tertiary/aromatic N) is 2. The largest absolute Gasteiger partial charge is 0.477 e. The molecule has 0 aromatic carbocycles. The van der Waals surface area contributed by atoms with Crippen LogP contribution in [0.15, 0.2) is 18.3 Å². The van der Waals surface area contributed by atoms with Crippen LogP contribution in [0.3, 0.4) is 0 Å². The van der Waals surface area contributed by atoms with E-state index in [-0.39, 0.29) is 17.5 Å². The van der Waals surface area contributed by atoms with Crippen LogP contribution in [0, 0.1) is 5.92 Å². The van der Waals surface area contributed by atoms with Crippen LogP contribution in [0.4, 0.5) is 0 Å². The lowest BCUT2D eigenvalue weighted by atomic mass is 9.86. The van der Waals surface area contributed by atoms with Crippen LogP contribution in [-0.2, 0) is 0 Å². The van der Waals surface area contributed by atoms with Crippen LogP contribution in [0.25, 0.3) is 0 Å². The summed E-state index contributed by atoms with van der Waals surface area (Å²) in [5, 5.41) is 9.10.